The molecule has 0 N–H and O–H groups in total. The summed E-state index contributed by atoms with van der Waals surface area (Å²) in [4.78, 5) is 5.04. The maximum absolute atomic E-state index is 4.93. The lowest BCUT2D eigenvalue weighted by Gasteiger charge is -2.36. The summed E-state index contributed by atoms with van der Waals surface area (Å²) in [6, 6.07) is 35.6. The van der Waals surface area contributed by atoms with Gasteiger partial charge in [-0.15, -0.1) is 10.2 Å². The first-order valence-electron chi connectivity index (χ1n) is 17.6. The molecule has 248 valence electrons. The molecular weight excluding hydrogens is 605 g/mol. The number of hydrogen-bond acceptors (Lipinski definition) is 6. The summed E-state index contributed by atoms with van der Waals surface area (Å²) in [5, 5.41) is 19.3. The van der Waals surface area contributed by atoms with Crippen molar-refractivity contribution in [2.24, 2.45) is 0 Å². The zero-order valence-electron chi connectivity index (χ0n) is 29.2. The van der Waals surface area contributed by atoms with Crippen LogP contribution in [0.5, 0.6) is 0 Å². The zero-order valence-corrected chi connectivity index (χ0v) is 29.2. The van der Waals surface area contributed by atoms with E-state index in [0.29, 0.717) is 6.04 Å². The Balaban J connectivity index is 1.22. The van der Waals surface area contributed by atoms with Crippen molar-refractivity contribution in [3.05, 3.63) is 108 Å². The average Bonchev–Trinajstić information content (AvgIpc) is 3.74. The number of hydrogen-bond donors (Lipinski definition) is 0. The smallest absolute Gasteiger partial charge is 0.123 e. The van der Waals surface area contributed by atoms with Crippen LogP contribution in [-0.2, 0) is 13.1 Å². The lowest BCUT2D eigenvalue weighted by atomic mass is 9.93. The third-order valence-corrected chi connectivity index (χ3v) is 10.3. The highest BCUT2D eigenvalue weighted by molar-refractivity contribution is 5.89. The van der Waals surface area contributed by atoms with Gasteiger partial charge in [0.05, 0.1) is 17.4 Å². The number of para-hydroxylation sites is 2. The number of aromatic nitrogens is 6. The summed E-state index contributed by atoms with van der Waals surface area (Å²) in [7, 11) is 0. The highest BCUT2D eigenvalue weighted by atomic mass is 15.5. The molecule has 0 fully saturated rings. The molecule has 0 bridgehead atoms. The second-order valence-electron chi connectivity index (χ2n) is 14.2. The Labute approximate surface area is 289 Å². The zero-order chi connectivity index (χ0) is 33.8. The molecule has 0 amide bonds. The van der Waals surface area contributed by atoms with Crippen LogP contribution in [0.15, 0.2) is 97.1 Å². The molecule has 0 saturated heterocycles. The number of fused-ring (bicyclic) bond motifs is 10. The Morgan fingerprint density at radius 2 is 0.980 bits per heavy atom. The molecule has 2 aromatic heterocycles. The minimum Gasteiger partial charge on any atom is -0.364 e. The van der Waals surface area contributed by atoms with E-state index >= 15 is 0 Å². The first-order chi connectivity index (χ1) is 23.8. The highest BCUT2D eigenvalue weighted by Crippen LogP contribution is 2.45. The Hall–Kier alpha value is -5.24. The van der Waals surface area contributed by atoms with E-state index in [-0.39, 0.29) is 18.1 Å². The average molecular weight is 649 g/mol. The molecule has 49 heavy (non-hydrogen) atoms. The molecule has 0 aliphatic carbocycles. The van der Waals surface area contributed by atoms with E-state index in [0.717, 1.165) is 59.0 Å². The predicted octanol–water partition coefficient (Wildman–Crippen LogP) is 9.21. The van der Waals surface area contributed by atoms with Crippen molar-refractivity contribution < 1.29 is 0 Å². The fourth-order valence-corrected chi connectivity index (χ4v) is 7.86. The molecule has 2 atom stereocenters. The molecule has 0 radical (unpaired) electrons. The van der Waals surface area contributed by atoms with Crippen LogP contribution in [0.3, 0.4) is 0 Å². The largest absolute Gasteiger partial charge is 0.364 e. The van der Waals surface area contributed by atoms with Crippen molar-refractivity contribution in [1.29, 1.82) is 0 Å². The van der Waals surface area contributed by atoms with Gasteiger partial charge in [0.2, 0.25) is 0 Å². The van der Waals surface area contributed by atoms with E-state index in [1.54, 1.807) is 0 Å². The maximum Gasteiger partial charge on any atom is 0.123 e. The number of rotatable bonds is 6. The monoisotopic (exact) mass is 648 g/mol. The predicted molar refractivity (Wildman–Crippen MR) is 198 cm³/mol. The van der Waals surface area contributed by atoms with Gasteiger partial charge in [0, 0.05) is 64.8 Å². The minimum atomic E-state index is 0.0818. The van der Waals surface area contributed by atoms with Gasteiger partial charge >= 0.3 is 0 Å². The third kappa shape index (κ3) is 5.21. The molecule has 4 aromatic carbocycles. The molecule has 2 unspecified atom stereocenters. The van der Waals surface area contributed by atoms with Crippen molar-refractivity contribution in [2.75, 3.05) is 9.80 Å². The third-order valence-electron chi connectivity index (χ3n) is 10.3. The van der Waals surface area contributed by atoms with E-state index in [9.17, 15) is 0 Å². The van der Waals surface area contributed by atoms with Crippen LogP contribution < -0.4 is 9.80 Å². The normalized spacial score (nSPS) is 14.8. The second kappa shape index (κ2) is 12.3. The molecule has 0 saturated carbocycles. The van der Waals surface area contributed by atoms with Crippen LogP contribution in [0, 0.1) is 0 Å². The van der Waals surface area contributed by atoms with Gasteiger partial charge in [-0.1, -0.05) is 95.4 Å². The molecule has 8 nitrogen and oxygen atoms in total. The van der Waals surface area contributed by atoms with Gasteiger partial charge in [0.15, 0.2) is 0 Å². The minimum absolute atomic E-state index is 0.0818. The fraction of sp³-hybridized carbons (Fsp3) is 0.317. The van der Waals surface area contributed by atoms with Crippen LogP contribution in [0.25, 0.3) is 45.0 Å². The number of benzene rings is 4. The van der Waals surface area contributed by atoms with Gasteiger partial charge in [-0.3, -0.25) is 0 Å². The summed E-state index contributed by atoms with van der Waals surface area (Å²) in [6.07, 6.45) is 0.878. The SMILES string of the molecule is CC(C)N1Cc2ccccc2-c2c(nnn2C(C)CC(C)N2Cc3ccccc3-c3nnn(C(C)C)c3-c3ccccc32)-c2ccccc21. The van der Waals surface area contributed by atoms with Crippen LogP contribution in [0.1, 0.15) is 71.2 Å². The maximum atomic E-state index is 4.93. The van der Waals surface area contributed by atoms with E-state index in [1.807, 2.05) is 0 Å². The Bertz CT molecular complexity index is 2140. The van der Waals surface area contributed by atoms with Crippen LogP contribution >= 0.6 is 0 Å². The van der Waals surface area contributed by atoms with Crippen molar-refractivity contribution in [2.45, 2.75) is 85.2 Å². The summed E-state index contributed by atoms with van der Waals surface area (Å²) in [5.41, 5.74) is 13.7. The molecule has 8 rings (SSSR count). The van der Waals surface area contributed by atoms with Crippen LogP contribution in [-0.4, -0.2) is 42.1 Å². The van der Waals surface area contributed by atoms with Gasteiger partial charge in [-0.05, 0) is 71.2 Å². The first kappa shape index (κ1) is 31.1. The molecule has 6 aromatic rings. The molecule has 4 heterocycles. The molecule has 2 aliphatic heterocycles. The molecular formula is C41H44N8. The van der Waals surface area contributed by atoms with Crippen LogP contribution in [0.4, 0.5) is 11.4 Å². The lowest BCUT2D eigenvalue weighted by molar-refractivity contribution is 0.409. The topological polar surface area (TPSA) is 67.9 Å². The molecule has 0 spiro atoms. The van der Waals surface area contributed by atoms with Gasteiger partial charge < -0.3 is 9.80 Å². The standard InChI is InChI=1S/C41H44N8/c1-26(2)46-24-31-16-8-10-18-33(31)40-39(34-19-11-13-21-36(34)46)43-45-49(40)29(6)23-28(5)47-25-30-15-7-9-17-32(30)38-41(48(27(3)4)44-42-38)35-20-12-14-22-37(35)47/h7-22,26-29H,23-25H2,1-6H3. The van der Waals surface area contributed by atoms with E-state index < -0.39 is 0 Å². The van der Waals surface area contributed by atoms with Crippen LogP contribution in [0.2, 0.25) is 0 Å². The van der Waals surface area contributed by atoms with Gasteiger partial charge in [-0.25, -0.2) is 9.36 Å². The highest BCUT2D eigenvalue weighted by Gasteiger charge is 2.32. The van der Waals surface area contributed by atoms with E-state index in [2.05, 4.69) is 163 Å². The fourth-order valence-electron chi connectivity index (χ4n) is 7.86. The summed E-state index contributed by atoms with van der Waals surface area (Å²) >= 11 is 0. The van der Waals surface area contributed by atoms with Gasteiger partial charge in [0.1, 0.15) is 11.4 Å². The van der Waals surface area contributed by atoms with Crippen molar-refractivity contribution in [1.82, 2.24) is 30.0 Å². The lowest BCUT2D eigenvalue weighted by Crippen LogP contribution is -2.35. The van der Waals surface area contributed by atoms with E-state index in [1.165, 1.54) is 28.1 Å². The number of nitrogens with zero attached hydrogens (tertiary/aromatic N) is 8. The summed E-state index contributed by atoms with van der Waals surface area (Å²) in [6.45, 7) is 15.1. The Kier molecular flexibility index (Phi) is 7.82. The number of anilines is 2. The summed E-state index contributed by atoms with van der Waals surface area (Å²) < 4.78 is 4.26. The van der Waals surface area contributed by atoms with Gasteiger partial charge in [-0.2, -0.15) is 0 Å². The van der Waals surface area contributed by atoms with E-state index in [4.69, 9.17) is 15.4 Å². The summed E-state index contributed by atoms with van der Waals surface area (Å²) in [5.74, 6) is 0. The second-order valence-corrected chi connectivity index (χ2v) is 14.2. The Morgan fingerprint density at radius 1 is 0.490 bits per heavy atom. The Morgan fingerprint density at radius 3 is 1.65 bits per heavy atom. The first-order valence-corrected chi connectivity index (χ1v) is 17.6. The van der Waals surface area contributed by atoms with Crippen molar-refractivity contribution in [3.8, 4) is 45.0 Å². The van der Waals surface area contributed by atoms with Crippen molar-refractivity contribution >= 4 is 11.4 Å². The molecule has 2 aliphatic rings. The quantitative estimate of drug-likeness (QED) is 0.179. The van der Waals surface area contributed by atoms with Crippen molar-refractivity contribution in [3.63, 3.8) is 0 Å². The molecule has 8 heteroatoms. The van der Waals surface area contributed by atoms with Gasteiger partial charge in [0.25, 0.3) is 0 Å².